The van der Waals surface area contributed by atoms with Crippen molar-refractivity contribution in [3.63, 3.8) is 0 Å². The average Bonchev–Trinajstić information content (AvgIpc) is 2.32. The second-order valence-corrected chi connectivity index (χ2v) is 5.67. The van der Waals surface area contributed by atoms with Crippen LogP contribution in [0.3, 0.4) is 0 Å². The summed E-state index contributed by atoms with van der Waals surface area (Å²) in [6.07, 6.45) is 6.80. The highest BCUT2D eigenvalue weighted by atomic mass is 32.2. The molecule has 98 valence electrons. The molecule has 3 atom stereocenters. The summed E-state index contributed by atoms with van der Waals surface area (Å²) >= 11 is 1.85. The fourth-order valence-corrected chi connectivity index (χ4v) is 2.35. The van der Waals surface area contributed by atoms with Crippen LogP contribution in [0.4, 0.5) is 0 Å². The number of thioether (sulfide) groups is 1. The molecule has 0 rings (SSSR count). The minimum Gasteiger partial charge on any atom is -0.395 e. The van der Waals surface area contributed by atoms with Crippen LogP contribution in [0.5, 0.6) is 0 Å². The first-order valence-corrected chi connectivity index (χ1v) is 7.93. The number of nitrogens with one attached hydrogen (secondary N) is 1. The Morgan fingerprint density at radius 2 is 1.88 bits per heavy atom. The second-order valence-electron chi connectivity index (χ2n) is 4.68. The van der Waals surface area contributed by atoms with Crippen LogP contribution in [0.25, 0.3) is 0 Å². The van der Waals surface area contributed by atoms with Crippen molar-refractivity contribution in [3.8, 4) is 0 Å². The predicted molar refractivity (Wildman–Crippen MR) is 75.2 cm³/mol. The van der Waals surface area contributed by atoms with Gasteiger partial charge in [-0.2, -0.15) is 11.8 Å². The molecule has 0 bridgehead atoms. The summed E-state index contributed by atoms with van der Waals surface area (Å²) in [5, 5.41) is 12.9. The molecule has 0 radical (unpaired) electrons. The molecule has 0 spiro atoms. The van der Waals surface area contributed by atoms with Gasteiger partial charge in [0.15, 0.2) is 0 Å². The van der Waals surface area contributed by atoms with Gasteiger partial charge in [0, 0.05) is 12.1 Å². The first kappa shape index (κ1) is 16.3. The summed E-state index contributed by atoms with van der Waals surface area (Å²) in [5.74, 6) is 1.90. The lowest BCUT2D eigenvalue weighted by atomic mass is 9.97. The Labute approximate surface area is 106 Å². The van der Waals surface area contributed by atoms with Gasteiger partial charge < -0.3 is 10.4 Å². The van der Waals surface area contributed by atoms with Crippen LogP contribution in [0, 0.1) is 5.92 Å². The van der Waals surface area contributed by atoms with Crippen molar-refractivity contribution in [2.45, 2.75) is 58.5 Å². The van der Waals surface area contributed by atoms with Gasteiger partial charge in [0.1, 0.15) is 0 Å². The van der Waals surface area contributed by atoms with E-state index in [1.165, 1.54) is 12.8 Å². The standard InChI is InChI=1S/C13H29NOS/c1-5-11(3)9-12(6-2)14-13(10-15)7-8-16-4/h11-15H,5-10H2,1-4H3. The first-order valence-electron chi connectivity index (χ1n) is 6.53. The fraction of sp³-hybridized carbons (Fsp3) is 1.00. The minimum absolute atomic E-state index is 0.261. The van der Waals surface area contributed by atoms with Crippen molar-refractivity contribution >= 4 is 11.8 Å². The Hall–Kier alpha value is 0.270. The van der Waals surface area contributed by atoms with Crippen LogP contribution in [0.15, 0.2) is 0 Å². The van der Waals surface area contributed by atoms with Crippen molar-refractivity contribution < 1.29 is 5.11 Å². The molecule has 0 saturated carbocycles. The number of rotatable bonds is 10. The zero-order valence-corrected chi connectivity index (χ0v) is 12.1. The number of hydrogen-bond acceptors (Lipinski definition) is 3. The van der Waals surface area contributed by atoms with Gasteiger partial charge in [0.2, 0.25) is 0 Å². The van der Waals surface area contributed by atoms with Crippen LogP contribution >= 0.6 is 11.8 Å². The van der Waals surface area contributed by atoms with Crippen LogP contribution in [-0.4, -0.2) is 35.8 Å². The molecule has 3 heteroatoms. The van der Waals surface area contributed by atoms with Gasteiger partial charge in [-0.05, 0) is 37.2 Å². The summed E-state index contributed by atoms with van der Waals surface area (Å²) in [6.45, 7) is 7.04. The summed E-state index contributed by atoms with van der Waals surface area (Å²) in [6, 6.07) is 0.843. The Balaban J connectivity index is 3.95. The van der Waals surface area contributed by atoms with E-state index in [0.29, 0.717) is 6.04 Å². The summed E-state index contributed by atoms with van der Waals surface area (Å²) in [4.78, 5) is 0. The molecule has 0 amide bonds. The highest BCUT2D eigenvalue weighted by molar-refractivity contribution is 7.98. The monoisotopic (exact) mass is 247 g/mol. The van der Waals surface area contributed by atoms with E-state index in [9.17, 15) is 5.11 Å². The molecule has 3 unspecified atom stereocenters. The van der Waals surface area contributed by atoms with E-state index in [4.69, 9.17) is 0 Å². The van der Waals surface area contributed by atoms with Crippen LogP contribution in [0.1, 0.15) is 46.5 Å². The third kappa shape index (κ3) is 7.53. The molecule has 0 aromatic carbocycles. The molecular weight excluding hydrogens is 218 g/mol. The van der Waals surface area contributed by atoms with Crippen LogP contribution < -0.4 is 5.32 Å². The van der Waals surface area contributed by atoms with Gasteiger partial charge in [-0.25, -0.2) is 0 Å². The quantitative estimate of drug-likeness (QED) is 0.622. The normalized spacial score (nSPS) is 17.1. The molecule has 0 aromatic heterocycles. The van der Waals surface area contributed by atoms with E-state index in [2.05, 4.69) is 32.3 Å². The molecular formula is C13H29NOS. The largest absolute Gasteiger partial charge is 0.395 e. The predicted octanol–water partition coefficient (Wildman–Crippen LogP) is 2.90. The Morgan fingerprint density at radius 1 is 1.19 bits per heavy atom. The smallest absolute Gasteiger partial charge is 0.0585 e. The molecule has 0 aliphatic rings. The number of aliphatic hydroxyl groups excluding tert-OH is 1. The van der Waals surface area contributed by atoms with E-state index in [0.717, 1.165) is 24.5 Å². The molecule has 0 fully saturated rings. The number of aliphatic hydroxyl groups is 1. The molecule has 0 saturated heterocycles. The minimum atomic E-state index is 0.261. The zero-order chi connectivity index (χ0) is 12.4. The van der Waals surface area contributed by atoms with Crippen molar-refractivity contribution in [1.82, 2.24) is 5.32 Å². The fourth-order valence-electron chi connectivity index (χ4n) is 1.83. The Bertz CT molecular complexity index is 155. The molecule has 0 heterocycles. The van der Waals surface area contributed by atoms with Gasteiger partial charge in [-0.15, -0.1) is 0 Å². The molecule has 2 N–H and O–H groups in total. The summed E-state index contributed by atoms with van der Waals surface area (Å²) in [5.41, 5.74) is 0. The average molecular weight is 247 g/mol. The lowest BCUT2D eigenvalue weighted by Crippen LogP contribution is -2.41. The third-order valence-electron chi connectivity index (χ3n) is 3.24. The van der Waals surface area contributed by atoms with E-state index >= 15 is 0 Å². The van der Waals surface area contributed by atoms with Gasteiger partial charge in [-0.3, -0.25) is 0 Å². The highest BCUT2D eigenvalue weighted by Crippen LogP contribution is 2.13. The molecule has 0 aromatic rings. The number of hydrogen-bond donors (Lipinski definition) is 2. The second kappa shape index (κ2) is 10.4. The van der Waals surface area contributed by atoms with Gasteiger partial charge in [0.25, 0.3) is 0 Å². The maximum atomic E-state index is 9.32. The SMILES string of the molecule is CCC(C)CC(CC)NC(CO)CCSC. The van der Waals surface area contributed by atoms with E-state index < -0.39 is 0 Å². The van der Waals surface area contributed by atoms with Crippen LogP contribution in [-0.2, 0) is 0 Å². The van der Waals surface area contributed by atoms with Crippen molar-refractivity contribution in [1.29, 1.82) is 0 Å². The third-order valence-corrected chi connectivity index (χ3v) is 3.88. The highest BCUT2D eigenvalue weighted by Gasteiger charge is 2.15. The van der Waals surface area contributed by atoms with Gasteiger partial charge in [0.05, 0.1) is 6.61 Å². The van der Waals surface area contributed by atoms with Crippen molar-refractivity contribution in [2.75, 3.05) is 18.6 Å². The van der Waals surface area contributed by atoms with Gasteiger partial charge >= 0.3 is 0 Å². The summed E-state index contributed by atoms with van der Waals surface area (Å²) in [7, 11) is 0. The van der Waals surface area contributed by atoms with Crippen molar-refractivity contribution in [3.05, 3.63) is 0 Å². The topological polar surface area (TPSA) is 32.3 Å². The Morgan fingerprint density at radius 3 is 2.31 bits per heavy atom. The zero-order valence-electron chi connectivity index (χ0n) is 11.3. The molecule has 16 heavy (non-hydrogen) atoms. The lowest BCUT2D eigenvalue weighted by molar-refractivity contribution is 0.219. The summed E-state index contributed by atoms with van der Waals surface area (Å²) < 4.78 is 0. The van der Waals surface area contributed by atoms with Crippen LogP contribution in [0.2, 0.25) is 0 Å². The maximum Gasteiger partial charge on any atom is 0.0585 e. The maximum absolute atomic E-state index is 9.32. The van der Waals surface area contributed by atoms with E-state index in [1.54, 1.807) is 0 Å². The van der Waals surface area contributed by atoms with E-state index in [-0.39, 0.29) is 12.6 Å². The van der Waals surface area contributed by atoms with Gasteiger partial charge in [-0.1, -0.05) is 27.2 Å². The van der Waals surface area contributed by atoms with Crippen molar-refractivity contribution in [2.24, 2.45) is 5.92 Å². The molecule has 0 aliphatic carbocycles. The molecule has 0 aliphatic heterocycles. The Kier molecular flexibility index (Phi) is 10.6. The van der Waals surface area contributed by atoms with E-state index in [1.807, 2.05) is 11.8 Å². The first-order chi connectivity index (χ1) is 7.67. The molecule has 2 nitrogen and oxygen atoms in total. The lowest BCUT2D eigenvalue weighted by Gasteiger charge is -2.25.